The lowest BCUT2D eigenvalue weighted by atomic mass is 9.99. The van der Waals surface area contributed by atoms with Crippen LogP contribution >= 0.6 is 0 Å². The maximum Gasteiger partial charge on any atom is 0.240 e. The van der Waals surface area contributed by atoms with Crippen molar-refractivity contribution in [3.63, 3.8) is 0 Å². The first-order chi connectivity index (χ1) is 11.3. The predicted molar refractivity (Wildman–Crippen MR) is 92.3 cm³/mol. The van der Waals surface area contributed by atoms with E-state index in [0.717, 1.165) is 16.7 Å². The molecule has 1 aromatic heterocycles. The van der Waals surface area contributed by atoms with Crippen molar-refractivity contribution < 1.29 is 15.0 Å². The highest BCUT2D eigenvalue weighted by Crippen LogP contribution is 2.27. The molecule has 128 valence electrons. The van der Waals surface area contributed by atoms with E-state index in [9.17, 15) is 15.0 Å². The number of carbonyl (C=O) groups excluding carboxylic acids is 1. The largest absolute Gasteiger partial charge is 0.508 e. The molecule has 24 heavy (non-hydrogen) atoms. The number of aliphatic hydroxyl groups excluding tert-OH is 1. The highest BCUT2D eigenvalue weighted by atomic mass is 16.3. The zero-order chi connectivity index (χ0) is 17.9. The van der Waals surface area contributed by atoms with Gasteiger partial charge in [0, 0.05) is 17.8 Å². The molecule has 2 aromatic rings. The summed E-state index contributed by atoms with van der Waals surface area (Å²) >= 11 is 0. The second kappa shape index (κ2) is 7.42. The smallest absolute Gasteiger partial charge is 0.240 e. The van der Waals surface area contributed by atoms with E-state index in [1.165, 1.54) is 0 Å². The van der Waals surface area contributed by atoms with Gasteiger partial charge >= 0.3 is 0 Å². The lowest BCUT2D eigenvalue weighted by Gasteiger charge is -2.20. The molecule has 0 spiro atoms. The summed E-state index contributed by atoms with van der Waals surface area (Å²) < 4.78 is 0. The zero-order valence-corrected chi connectivity index (χ0v) is 14.0. The molecule has 0 unspecified atom stereocenters. The molecule has 1 aromatic carbocycles. The predicted octanol–water partition coefficient (Wildman–Crippen LogP) is 1.65. The van der Waals surface area contributed by atoms with Gasteiger partial charge in [-0.15, -0.1) is 0 Å². The third-order valence-corrected chi connectivity index (χ3v) is 3.67. The summed E-state index contributed by atoms with van der Waals surface area (Å²) in [5.41, 5.74) is 8.68. The number of nitrogens with zero attached hydrogens (tertiary/aromatic N) is 1. The van der Waals surface area contributed by atoms with Gasteiger partial charge in [0.15, 0.2) is 0 Å². The minimum atomic E-state index is -1.19. The number of nitrogens with two attached hydrogens (primary N) is 1. The lowest BCUT2D eigenvalue weighted by Crippen LogP contribution is -2.47. The fourth-order valence-corrected chi connectivity index (χ4v) is 2.42. The molecule has 0 radical (unpaired) electrons. The average molecular weight is 329 g/mol. The van der Waals surface area contributed by atoms with Gasteiger partial charge in [0.1, 0.15) is 17.9 Å². The maximum atomic E-state index is 11.9. The Labute approximate surface area is 141 Å². The number of phenols is 1. The Balaban J connectivity index is 2.24. The number of nitrogens with one attached hydrogen (secondary N) is 1. The first-order valence-electron chi connectivity index (χ1n) is 7.79. The minimum absolute atomic E-state index is 0.0569. The summed E-state index contributed by atoms with van der Waals surface area (Å²) in [7, 11) is 0. The van der Waals surface area contributed by atoms with E-state index in [1.54, 1.807) is 30.5 Å². The van der Waals surface area contributed by atoms with E-state index < -0.39 is 18.1 Å². The number of hydrogen-bond donors (Lipinski definition) is 4. The molecule has 1 heterocycles. The van der Waals surface area contributed by atoms with E-state index in [-0.39, 0.29) is 11.8 Å². The Kier molecular flexibility index (Phi) is 5.54. The van der Waals surface area contributed by atoms with Crippen molar-refractivity contribution in [2.45, 2.75) is 39.0 Å². The van der Waals surface area contributed by atoms with Gasteiger partial charge in [0.25, 0.3) is 0 Å². The molecule has 0 aliphatic heterocycles. The van der Waals surface area contributed by atoms with Crippen LogP contribution in [0.5, 0.6) is 5.75 Å². The van der Waals surface area contributed by atoms with Gasteiger partial charge in [0.2, 0.25) is 5.91 Å². The number of aryl methyl sites for hydroxylation is 1. The van der Waals surface area contributed by atoms with Crippen LogP contribution < -0.4 is 11.1 Å². The normalized spacial score (nSPS) is 13.6. The summed E-state index contributed by atoms with van der Waals surface area (Å²) in [6, 6.07) is 7.40. The first-order valence-corrected chi connectivity index (χ1v) is 7.79. The molecular weight excluding hydrogens is 306 g/mol. The SMILES string of the molecule is Cc1cc([C@H](O)[C@H](N)C(=O)NC(C)C)ncc1-c1cccc(O)c1. The Morgan fingerprint density at radius 3 is 2.58 bits per heavy atom. The summed E-state index contributed by atoms with van der Waals surface area (Å²) in [5, 5.41) is 22.6. The average Bonchev–Trinajstić information content (AvgIpc) is 2.52. The summed E-state index contributed by atoms with van der Waals surface area (Å²) in [5.74, 6) is -0.252. The third kappa shape index (κ3) is 4.10. The van der Waals surface area contributed by atoms with Gasteiger partial charge in [-0.1, -0.05) is 12.1 Å². The maximum absolute atomic E-state index is 11.9. The first kappa shape index (κ1) is 17.9. The van der Waals surface area contributed by atoms with Gasteiger partial charge < -0.3 is 21.3 Å². The molecule has 6 heteroatoms. The zero-order valence-electron chi connectivity index (χ0n) is 14.0. The number of aromatic nitrogens is 1. The van der Waals surface area contributed by atoms with Gasteiger partial charge in [-0.25, -0.2) is 0 Å². The number of amides is 1. The molecule has 0 bridgehead atoms. The van der Waals surface area contributed by atoms with Crippen molar-refractivity contribution in [3.05, 3.63) is 47.8 Å². The van der Waals surface area contributed by atoms with Crippen molar-refractivity contribution in [1.29, 1.82) is 0 Å². The van der Waals surface area contributed by atoms with Crippen molar-refractivity contribution in [1.82, 2.24) is 10.3 Å². The van der Waals surface area contributed by atoms with Crippen LogP contribution in [0.15, 0.2) is 36.5 Å². The summed E-state index contributed by atoms with van der Waals surface area (Å²) in [6.07, 6.45) is 0.413. The second-order valence-corrected chi connectivity index (χ2v) is 6.11. The number of carbonyl (C=O) groups is 1. The number of aliphatic hydroxyl groups is 1. The van der Waals surface area contributed by atoms with Gasteiger partial charge in [0.05, 0.1) is 5.69 Å². The number of benzene rings is 1. The van der Waals surface area contributed by atoms with Crippen molar-refractivity contribution in [2.24, 2.45) is 5.73 Å². The number of rotatable bonds is 5. The Morgan fingerprint density at radius 2 is 2.00 bits per heavy atom. The van der Waals surface area contributed by atoms with Crippen LogP contribution in [0.1, 0.15) is 31.2 Å². The molecule has 0 aliphatic carbocycles. The van der Waals surface area contributed by atoms with Crippen LogP contribution in [0, 0.1) is 6.92 Å². The highest BCUT2D eigenvalue weighted by molar-refractivity contribution is 5.82. The van der Waals surface area contributed by atoms with E-state index in [4.69, 9.17) is 5.73 Å². The monoisotopic (exact) mass is 329 g/mol. The summed E-state index contributed by atoms with van der Waals surface area (Å²) in [6.45, 7) is 5.52. The highest BCUT2D eigenvalue weighted by Gasteiger charge is 2.26. The Bertz CT molecular complexity index is 731. The third-order valence-electron chi connectivity index (χ3n) is 3.67. The van der Waals surface area contributed by atoms with Crippen LogP contribution in [0.2, 0.25) is 0 Å². The van der Waals surface area contributed by atoms with Gasteiger partial charge in [-0.3, -0.25) is 9.78 Å². The Morgan fingerprint density at radius 1 is 1.29 bits per heavy atom. The number of pyridine rings is 1. The summed E-state index contributed by atoms with van der Waals surface area (Å²) in [4.78, 5) is 16.2. The molecule has 2 rings (SSSR count). The van der Waals surface area contributed by atoms with Crippen LogP contribution in [0.3, 0.4) is 0 Å². The molecule has 1 amide bonds. The molecule has 0 aliphatic rings. The number of hydrogen-bond acceptors (Lipinski definition) is 5. The minimum Gasteiger partial charge on any atom is -0.508 e. The molecule has 5 N–H and O–H groups in total. The van der Waals surface area contributed by atoms with Gasteiger partial charge in [-0.05, 0) is 50.1 Å². The molecule has 0 saturated heterocycles. The van der Waals surface area contributed by atoms with Crippen molar-refractivity contribution in [2.75, 3.05) is 0 Å². The lowest BCUT2D eigenvalue weighted by molar-refractivity contribution is -0.125. The topological polar surface area (TPSA) is 108 Å². The van der Waals surface area contributed by atoms with E-state index >= 15 is 0 Å². The fraction of sp³-hybridized carbons (Fsp3) is 0.333. The van der Waals surface area contributed by atoms with Crippen molar-refractivity contribution in [3.8, 4) is 16.9 Å². The van der Waals surface area contributed by atoms with E-state index in [1.807, 2.05) is 26.8 Å². The van der Waals surface area contributed by atoms with E-state index in [2.05, 4.69) is 10.3 Å². The Hall–Kier alpha value is -2.44. The second-order valence-electron chi connectivity index (χ2n) is 6.11. The molecule has 0 fully saturated rings. The molecule has 0 saturated carbocycles. The van der Waals surface area contributed by atoms with Crippen LogP contribution in [-0.2, 0) is 4.79 Å². The molecule has 2 atom stereocenters. The fourth-order valence-electron chi connectivity index (χ4n) is 2.42. The number of phenolic OH excluding ortho intramolecular Hbond substituents is 1. The standard InChI is InChI=1S/C18H23N3O3/c1-10(2)21-18(24)16(19)17(23)15-7-11(3)14(9-20-15)12-5-4-6-13(22)8-12/h4-10,16-17,22-23H,19H2,1-3H3,(H,21,24)/t16-,17-/m0/s1. The van der Waals surface area contributed by atoms with Crippen LogP contribution in [0.25, 0.3) is 11.1 Å². The van der Waals surface area contributed by atoms with Crippen LogP contribution in [-0.4, -0.2) is 33.2 Å². The number of aromatic hydroxyl groups is 1. The molecular formula is C18H23N3O3. The van der Waals surface area contributed by atoms with E-state index in [0.29, 0.717) is 5.69 Å². The van der Waals surface area contributed by atoms with Crippen LogP contribution in [0.4, 0.5) is 0 Å². The van der Waals surface area contributed by atoms with Gasteiger partial charge in [-0.2, -0.15) is 0 Å². The molecule has 6 nitrogen and oxygen atoms in total. The van der Waals surface area contributed by atoms with Crippen molar-refractivity contribution >= 4 is 5.91 Å². The quantitative estimate of drug-likeness (QED) is 0.667.